The molecule has 2 aromatic carbocycles. The lowest BCUT2D eigenvalue weighted by atomic mass is 9.95. The smallest absolute Gasteiger partial charge is 0.354 e. The molecule has 2 atom stereocenters. The molecule has 4 aromatic rings. The highest BCUT2D eigenvalue weighted by Gasteiger charge is 2.40. The summed E-state index contributed by atoms with van der Waals surface area (Å²) in [5.74, 6) is -3.06. The number of fused-ring (bicyclic) bond motifs is 2. The number of nitrogens with zero attached hydrogens (tertiary/aromatic N) is 6. The third-order valence-electron chi connectivity index (χ3n) is 8.99. The van der Waals surface area contributed by atoms with E-state index in [1.54, 1.807) is 36.0 Å². The van der Waals surface area contributed by atoms with Gasteiger partial charge in [-0.3, -0.25) is 14.3 Å². The quantitative estimate of drug-likeness (QED) is 0.273. The zero-order valence-electron chi connectivity index (χ0n) is 25.9. The van der Waals surface area contributed by atoms with Crippen LogP contribution >= 0.6 is 0 Å². The van der Waals surface area contributed by atoms with Crippen molar-refractivity contribution in [3.05, 3.63) is 88.4 Å². The van der Waals surface area contributed by atoms with Gasteiger partial charge in [0, 0.05) is 50.5 Å². The normalized spacial score (nSPS) is 18.2. The van der Waals surface area contributed by atoms with Crippen LogP contribution in [0.4, 0.5) is 24.7 Å². The average molecular weight is 617 g/mol. The minimum absolute atomic E-state index is 0.0178. The van der Waals surface area contributed by atoms with Gasteiger partial charge in [-0.15, -0.1) is 0 Å². The van der Waals surface area contributed by atoms with Gasteiger partial charge >= 0.3 is 5.69 Å². The van der Waals surface area contributed by atoms with Gasteiger partial charge in [0.05, 0.1) is 28.0 Å². The molecule has 4 heterocycles. The van der Waals surface area contributed by atoms with Crippen LogP contribution in [0.25, 0.3) is 27.7 Å². The average Bonchev–Trinajstić information content (AvgIpc) is 3.00. The number of piperazine rings is 1. The highest BCUT2D eigenvalue weighted by atomic mass is 19.1. The van der Waals surface area contributed by atoms with Gasteiger partial charge in [-0.25, -0.2) is 18.0 Å². The maximum Gasteiger partial charge on any atom is 0.354 e. The Balaban J connectivity index is 1.79. The third kappa shape index (κ3) is 4.76. The maximum absolute atomic E-state index is 17.3. The van der Waals surface area contributed by atoms with Gasteiger partial charge in [0.1, 0.15) is 17.2 Å². The zero-order chi connectivity index (χ0) is 32.3. The summed E-state index contributed by atoms with van der Waals surface area (Å²) in [7, 11) is 1.68. The van der Waals surface area contributed by atoms with Gasteiger partial charge in [0.2, 0.25) is 5.91 Å². The zero-order valence-corrected chi connectivity index (χ0v) is 25.9. The second-order valence-electron chi connectivity index (χ2n) is 12.2. The Kier molecular flexibility index (Phi) is 7.66. The molecule has 0 aliphatic carbocycles. The summed E-state index contributed by atoms with van der Waals surface area (Å²) in [5.41, 5.74) is -0.247. The van der Waals surface area contributed by atoms with Crippen LogP contribution in [0, 0.1) is 24.4 Å². The molecule has 2 aliphatic heterocycles. The van der Waals surface area contributed by atoms with Crippen LogP contribution in [0.2, 0.25) is 0 Å². The predicted molar refractivity (Wildman–Crippen MR) is 170 cm³/mol. The number of benzene rings is 2. The van der Waals surface area contributed by atoms with Crippen molar-refractivity contribution in [2.24, 2.45) is 0 Å². The highest BCUT2D eigenvalue weighted by molar-refractivity contribution is 6.05. The fourth-order valence-electron chi connectivity index (χ4n) is 6.76. The Morgan fingerprint density at radius 2 is 1.82 bits per heavy atom. The van der Waals surface area contributed by atoms with E-state index in [4.69, 9.17) is 0 Å². The Morgan fingerprint density at radius 1 is 1.09 bits per heavy atom. The Labute approximate surface area is 259 Å². The van der Waals surface area contributed by atoms with E-state index in [0.29, 0.717) is 36.5 Å². The van der Waals surface area contributed by atoms with E-state index in [-0.39, 0.29) is 58.4 Å². The van der Waals surface area contributed by atoms with Crippen LogP contribution in [0.15, 0.2) is 54.0 Å². The number of rotatable bonds is 4. The molecule has 234 valence electrons. The fourth-order valence-corrected chi connectivity index (χ4v) is 6.76. The summed E-state index contributed by atoms with van der Waals surface area (Å²) in [6, 6.07) is 6.56. The predicted octanol–water partition coefficient (Wildman–Crippen LogP) is 5.73. The van der Waals surface area contributed by atoms with Gasteiger partial charge in [0.25, 0.3) is 0 Å². The van der Waals surface area contributed by atoms with Crippen LogP contribution in [-0.2, 0) is 4.79 Å². The van der Waals surface area contributed by atoms with Gasteiger partial charge in [0.15, 0.2) is 11.6 Å². The molecule has 2 aliphatic rings. The van der Waals surface area contributed by atoms with Crippen LogP contribution in [-0.4, -0.2) is 64.1 Å². The largest absolute Gasteiger partial charge is 0.371 e. The Morgan fingerprint density at radius 3 is 2.51 bits per heavy atom. The molecule has 1 amide bonds. The lowest BCUT2D eigenvalue weighted by Crippen LogP contribution is -2.60. The van der Waals surface area contributed by atoms with E-state index in [9.17, 15) is 9.59 Å². The summed E-state index contributed by atoms with van der Waals surface area (Å²) in [6.45, 7) is 12.0. The van der Waals surface area contributed by atoms with Crippen molar-refractivity contribution < 1.29 is 18.0 Å². The number of pyridine rings is 1. The topological polar surface area (TPSA) is 74.6 Å². The number of aromatic nitrogens is 3. The van der Waals surface area contributed by atoms with Crippen LogP contribution in [0.1, 0.15) is 44.4 Å². The van der Waals surface area contributed by atoms with E-state index in [2.05, 4.69) is 16.5 Å². The molecule has 11 heteroatoms. The molecule has 0 spiro atoms. The molecule has 1 saturated heterocycles. The van der Waals surface area contributed by atoms with Gasteiger partial charge in [-0.05, 0) is 50.0 Å². The molecule has 6 rings (SSSR count). The number of amides is 1. The van der Waals surface area contributed by atoms with Crippen molar-refractivity contribution in [3.63, 3.8) is 0 Å². The number of halogens is 3. The molecule has 0 radical (unpaired) electrons. The summed E-state index contributed by atoms with van der Waals surface area (Å²) in [5, 5.41) is 0.102. The van der Waals surface area contributed by atoms with Gasteiger partial charge < -0.3 is 14.7 Å². The standard InChI is InChI=1S/C34H35F3N6O2/c1-7-24(44)41-17-21-13-15-40(6)31-26-32(28(37)25(27(31)36)22-10-8-9-11-23(22)35)43(30-19(4)12-14-38-29(30)18(2)3)34(45)39-33(26)42(21)16-20(41)5/h7-12,14,18,20-21H,1,13,15-17H2,2-6H3. The van der Waals surface area contributed by atoms with E-state index in [1.165, 1.54) is 28.8 Å². The van der Waals surface area contributed by atoms with E-state index < -0.39 is 28.7 Å². The summed E-state index contributed by atoms with van der Waals surface area (Å²) >= 11 is 0. The second kappa shape index (κ2) is 11.4. The maximum atomic E-state index is 17.3. The first-order valence-corrected chi connectivity index (χ1v) is 15.0. The van der Waals surface area contributed by atoms with E-state index in [1.807, 2.05) is 25.7 Å². The van der Waals surface area contributed by atoms with Crippen LogP contribution in [0.5, 0.6) is 0 Å². The van der Waals surface area contributed by atoms with Crippen molar-refractivity contribution in [3.8, 4) is 16.8 Å². The van der Waals surface area contributed by atoms with Crippen molar-refractivity contribution in [1.29, 1.82) is 0 Å². The molecular weight excluding hydrogens is 581 g/mol. The monoisotopic (exact) mass is 616 g/mol. The number of anilines is 2. The lowest BCUT2D eigenvalue weighted by molar-refractivity contribution is -0.128. The SMILES string of the molecule is C=CC(=O)N1CC2CCN(C)c3c(F)c(-c4ccccc4F)c(F)c4c3c(nc(=O)n4-c3c(C)ccnc3C(C)C)N2CC1C. The first-order valence-electron chi connectivity index (χ1n) is 15.0. The lowest BCUT2D eigenvalue weighted by Gasteiger charge is -2.47. The molecule has 0 N–H and O–H groups in total. The molecular formula is C34H35F3N6O2. The van der Waals surface area contributed by atoms with Gasteiger partial charge in [-0.2, -0.15) is 4.98 Å². The molecule has 1 fully saturated rings. The molecule has 2 aromatic heterocycles. The van der Waals surface area contributed by atoms with E-state index >= 15 is 13.2 Å². The number of hydrogen-bond acceptors (Lipinski definition) is 6. The number of carbonyl (C=O) groups excluding carboxylic acids is 1. The minimum atomic E-state index is -1.07. The minimum Gasteiger partial charge on any atom is -0.371 e. The third-order valence-corrected chi connectivity index (χ3v) is 8.99. The molecule has 8 nitrogen and oxygen atoms in total. The van der Waals surface area contributed by atoms with Gasteiger partial charge in [-0.1, -0.05) is 38.6 Å². The van der Waals surface area contributed by atoms with Crippen LogP contribution in [0.3, 0.4) is 0 Å². The Bertz CT molecular complexity index is 1920. The first-order chi connectivity index (χ1) is 21.5. The summed E-state index contributed by atoms with van der Waals surface area (Å²) in [4.78, 5) is 41.3. The second-order valence-corrected chi connectivity index (χ2v) is 12.2. The number of hydrogen-bond donors (Lipinski definition) is 0. The van der Waals surface area contributed by atoms with Crippen molar-refractivity contribution in [1.82, 2.24) is 19.4 Å². The fraction of sp³-hybridized carbons (Fsp3) is 0.353. The van der Waals surface area contributed by atoms with E-state index in [0.717, 1.165) is 6.07 Å². The molecule has 0 bridgehead atoms. The molecule has 2 unspecified atom stereocenters. The summed E-state index contributed by atoms with van der Waals surface area (Å²) in [6.07, 6.45) is 3.38. The van der Waals surface area contributed by atoms with Crippen molar-refractivity contribution in [2.45, 2.75) is 52.1 Å². The number of aryl methyl sites for hydroxylation is 1. The Hall–Kier alpha value is -4.67. The molecule has 0 saturated carbocycles. The molecule has 45 heavy (non-hydrogen) atoms. The van der Waals surface area contributed by atoms with Crippen molar-refractivity contribution in [2.75, 3.05) is 36.5 Å². The summed E-state index contributed by atoms with van der Waals surface area (Å²) < 4.78 is 50.6. The highest BCUT2D eigenvalue weighted by Crippen LogP contribution is 2.46. The first kappa shape index (κ1) is 30.4. The van der Waals surface area contributed by atoms with Crippen molar-refractivity contribution >= 4 is 28.3 Å². The van der Waals surface area contributed by atoms with Crippen LogP contribution < -0.4 is 15.5 Å². The number of carbonyl (C=O) groups is 1.